The van der Waals surface area contributed by atoms with Crippen LogP contribution in [-0.4, -0.2) is 5.11 Å². The highest BCUT2D eigenvalue weighted by Crippen LogP contribution is 2.21. The van der Waals surface area contributed by atoms with E-state index in [1.54, 1.807) is 0 Å². The Morgan fingerprint density at radius 3 is 2.24 bits per heavy atom. The molecule has 1 nitrogen and oxygen atoms in total. The molecule has 0 aliphatic heterocycles. The summed E-state index contributed by atoms with van der Waals surface area (Å²) in [6.45, 7) is 4.26. The first-order valence-corrected chi connectivity index (χ1v) is 7.02. The Morgan fingerprint density at radius 2 is 1.59 bits per heavy atom. The van der Waals surface area contributed by atoms with Crippen LogP contribution in [0.3, 0.4) is 0 Å². The van der Waals surface area contributed by atoms with Crippen LogP contribution in [0.5, 0.6) is 5.75 Å². The molecule has 0 spiro atoms. The Labute approximate surface area is 106 Å². The molecule has 0 saturated carbocycles. The lowest BCUT2D eigenvalue weighted by atomic mass is 10.0. The van der Waals surface area contributed by atoms with Crippen LogP contribution in [0.25, 0.3) is 0 Å². The van der Waals surface area contributed by atoms with Crippen molar-refractivity contribution in [2.75, 3.05) is 0 Å². The summed E-state index contributed by atoms with van der Waals surface area (Å²) < 4.78 is 0. The largest absolute Gasteiger partial charge is 0.508 e. The van der Waals surface area contributed by atoms with Crippen LogP contribution >= 0.6 is 0 Å². The first kappa shape index (κ1) is 14.1. The van der Waals surface area contributed by atoms with Crippen molar-refractivity contribution < 1.29 is 5.11 Å². The van der Waals surface area contributed by atoms with E-state index in [0.29, 0.717) is 5.75 Å². The lowest BCUT2D eigenvalue weighted by molar-refractivity contribution is 0.465. The number of aryl methyl sites for hydroxylation is 2. The number of phenolic OH excluding ortho intramolecular Hbond substituents is 1. The molecule has 0 aliphatic rings. The molecule has 0 unspecified atom stereocenters. The van der Waals surface area contributed by atoms with Crippen LogP contribution in [0.4, 0.5) is 0 Å². The molecule has 0 aromatic heterocycles. The van der Waals surface area contributed by atoms with E-state index in [1.165, 1.54) is 44.9 Å². The summed E-state index contributed by atoms with van der Waals surface area (Å²) in [6.07, 6.45) is 10.3. The molecule has 1 rings (SSSR count). The van der Waals surface area contributed by atoms with Gasteiger partial charge in [0.15, 0.2) is 0 Å². The van der Waals surface area contributed by atoms with E-state index in [0.717, 1.165) is 17.5 Å². The second-order valence-corrected chi connectivity index (χ2v) is 5.00. The highest BCUT2D eigenvalue weighted by Gasteiger charge is 2.00. The van der Waals surface area contributed by atoms with E-state index < -0.39 is 0 Å². The Bertz CT molecular complexity index is 317. The molecular formula is C16H26O. The van der Waals surface area contributed by atoms with E-state index in [4.69, 9.17) is 0 Å². The first-order chi connectivity index (χ1) is 8.24. The molecule has 0 atom stereocenters. The number of hydrogen-bond acceptors (Lipinski definition) is 1. The molecule has 17 heavy (non-hydrogen) atoms. The standard InChI is InChI=1S/C16H26O/c1-3-4-5-6-7-8-9-10-15-12-11-14(2)13-16(15)17/h11-13,17H,3-10H2,1-2H3. The van der Waals surface area contributed by atoms with Gasteiger partial charge in [0, 0.05) is 0 Å². The maximum atomic E-state index is 9.76. The molecule has 0 aliphatic carbocycles. The maximum Gasteiger partial charge on any atom is 0.119 e. The molecule has 0 fully saturated rings. The van der Waals surface area contributed by atoms with Gasteiger partial charge in [0.05, 0.1) is 0 Å². The zero-order chi connectivity index (χ0) is 12.5. The number of phenols is 1. The fourth-order valence-corrected chi connectivity index (χ4v) is 2.16. The maximum absolute atomic E-state index is 9.76. The average molecular weight is 234 g/mol. The Balaban J connectivity index is 2.14. The third kappa shape index (κ3) is 5.76. The summed E-state index contributed by atoms with van der Waals surface area (Å²) in [5, 5.41) is 9.76. The van der Waals surface area contributed by atoms with Crippen LogP contribution in [-0.2, 0) is 6.42 Å². The molecule has 1 heteroatoms. The van der Waals surface area contributed by atoms with Gasteiger partial charge < -0.3 is 5.11 Å². The summed E-state index contributed by atoms with van der Waals surface area (Å²) in [7, 11) is 0. The minimum absolute atomic E-state index is 0.469. The average Bonchev–Trinajstić information content (AvgIpc) is 2.30. The van der Waals surface area contributed by atoms with E-state index in [-0.39, 0.29) is 0 Å². The number of benzene rings is 1. The molecule has 0 radical (unpaired) electrons. The minimum atomic E-state index is 0.469. The zero-order valence-electron chi connectivity index (χ0n) is 11.3. The number of unbranched alkanes of at least 4 members (excludes halogenated alkanes) is 6. The molecule has 1 aromatic carbocycles. The lowest BCUT2D eigenvalue weighted by Crippen LogP contribution is -1.88. The monoisotopic (exact) mass is 234 g/mol. The SMILES string of the molecule is CCCCCCCCCc1ccc(C)cc1O. The Kier molecular flexibility index (Phi) is 6.76. The van der Waals surface area contributed by atoms with Crippen molar-refractivity contribution in [3.8, 4) is 5.75 Å². The third-order valence-electron chi connectivity index (χ3n) is 3.29. The smallest absolute Gasteiger partial charge is 0.119 e. The molecule has 0 amide bonds. The fraction of sp³-hybridized carbons (Fsp3) is 0.625. The van der Waals surface area contributed by atoms with Crippen LogP contribution in [0.1, 0.15) is 63.0 Å². The van der Waals surface area contributed by atoms with Gasteiger partial charge in [0.2, 0.25) is 0 Å². The van der Waals surface area contributed by atoms with Gasteiger partial charge >= 0.3 is 0 Å². The van der Waals surface area contributed by atoms with Gasteiger partial charge in [-0.2, -0.15) is 0 Å². The summed E-state index contributed by atoms with van der Waals surface area (Å²) in [5.41, 5.74) is 2.23. The first-order valence-electron chi connectivity index (χ1n) is 7.02. The van der Waals surface area contributed by atoms with Crippen molar-refractivity contribution in [1.29, 1.82) is 0 Å². The number of hydrogen-bond donors (Lipinski definition) is 1. The number of aromatic hydroxyl groups is 1. The van der Waals surface area contributed by atoms with Crippen molar-refractivity contribution in [1.82, 2.24) is 0 Å². The van der Waals surface area contributed by atoms with Gasteiger partial charge in [-0.05, 0) is 37.0 Å². The molecule has 0 bridgehead atoms. The van der Waals surface area contributed by atoms with E-state index in [9.17, 15) is 5.11 Å². The van der Waals surface area contributed by atoms with Crippen molar-refractivity contribution >= 4 is 0 Å². The van der Waals surface area contributed by atoms with Gasteiger partial charge in [-0.25, -0.2) is 0 Å². The molecule has 0 saturated heterocycles. The van der Waals surface area contributed by atoms with E-state index >= 15 is 0 Å². The summed E-state index contributed by atoms with van der Waals surface area (Å²) in [5.74, 6) is 0.469. The summed E-state index contributed by atoms with van der Waals surface area (Å²) in [4.78, 5) is 0. The van der Waals surface area contributed by atoms with E-state index in [2.05, 4.69) is 19.1 Å². The second kappa shape index (κ2) is 8.16. The van der Waals surface area contributed by atoms with Crippen molar-refractivity contribution in [3.63, 3.8) is 0 Å². The Morgan fingerprint density at radius 1 is 0.941 bits per heavy atom. The Hall–Kier alpha value is -0.980. The van der Waals surface area contributed by atoms with Gasteiger partial charge in [0.25, 0.3) is 0 Å². The topological polar surface area (TPSA) is 20.2 Å². The van der Waals surface area contributed by atoms with Crippen LogP contribution in [0, 0.1) is 6.92 Å². The molecule has 96 valence electrons. The molecular weight excluding hydrogens is 208 g/mol. The van der Waals surface area contributed by atoms with Crippen LogP contribution < -0.4 is 0 Å². The molecule has 0 heterocycles. The predicted molar refractivity (Wildman–Crippen MR) is 74.5 cm³/mol. The van der Waals surface area contributed by atoms with Crippen LogP contribution in [0.2, 0.25) is 0 Å². The highest BCUT2D eigenvalue weighted by molar-refractivity contribution is 5.35. The fourth-order valence-electron chi connectivity index (χ4n) is 2.16. The van der Waals surface area contributed by atoms with Crippen molar-refractivity contribution in [3.05, 3.63) is 29.3 Å². The molecule has 1 aromatic rings. The van der Waals surface area contributed by atoms with Crippen molar-refractivity contribution in [2.24, 2.45) is 0 Å². The summed E-state index contributed by atoms with van der Waals surface area (Å²) in [6, 6.07) is 5.99. The normalized spacial score (nSPS) is 10.7. The minimum Gasteiger partial charge on any atom is -0.508 e. The third-order valence-corrected chi connectivity index (χ3v) is 3.29. The predicted octanol–water partition coefficient (Wildman–Crippen LogP) is 4.99. The molecule has 1 N–H and O–H groups in total. The number of rotatable bonds is 8. The van der Waals surface area contributed by atoms with Gasteiger partial charge in [-0.15, -0.1) is 0 Å². The zero-order valence-corrected chi connectivity index (χ0v) is 11.3. The summed E-state index contributed by atoms with van der Waals surface area (Å²) >= 11 is 0. The van der Waals surface area contributed by atoms with Gasteiger partial charge in [0.1, 0.15) is 5.75 Å². The second-order valence-electron chi connectivity index (χ2n) is 5.00. The van der Waals surface area contributed by atoms with E-state index in [1.807, 2.05) is 13.0 Å². The van der Waals surface area contributed by atoms with Crippen LogP contribution in [0.15, 0.2) is 18.2 Å². The quantitative estimate of drug-likeness (QED) is 0.628. The van der Waals surface area contributed by atoms with Gasteiger partial charge in [-0.3, -0.25) is 0 Å². The van der Waals surface area contributed by atoms with Gasteiger partial charge in [-0.1, -0.05) is 57.6 Å². The lowest BCUT2D eigenvalue weighted by Gasteiger charge is -2.05. The highest BCUT2D eigenvalue weighted by atomic mass is 16.3. The van der Waals surface area contributed by atoms with Crippen molar-refractivity contribution in [2.45, 2.75) is 65.2 Å².